The number of nitrogens with one attached hydrogen (secondary N) is 2. The van der Waals surface area contributed by atoms with Crippen LogP contribution in [-0.2, 0) is 26.2 Å². The van der Waals surface area contributed by atoms with Gasteiger partial charge in [-0.3, -0.25) is 0 Å². The Balaban J connectivity index is 0.812. The molecule has 0 saturated carbocycles. The third-order valence-electron chi connectivity index (χ3n) is 12.0. The first-order valence-corrected chi connectivity index (χ1v) is 22.7. The molecule has 0 saturated heterocycles. The van der Waals surface area contributed by atoms with Gasteiger partial charge in [-0.15, -0.1) is 0 Å². The Bertz CT molecular complexity index is 2940. The number of pyridine rings is 2. The summed E-state index contributed by atoms with van der Waals surface area (Å²) in [5, 5.41) is 13.8. The predicted octanol–water partition coefficient (Wildman–Crippen LogP) is 13.5. The zero-order chi connectivity index (χ0) is 42.5. The molecular weight excluding hydrogens is 816 g/mol. The average molecular weight is 864 g/mol. The van der Waals surface area contributed by atoms with E-state index in [1.54, 1.807) is 0 Å². The van der Waals surface area contributed by atoms with Gasteiger partial charge in [0.1, 0.15) is 0 Å². The molecule has 0 atom stereocenters. The van der Waals surface area contributed by atoms with Crippen LogP contribution in [0.3, 0.4) is 0 Å². The molecule has 0 spiro atoms. The van der Waals surface area contributed by atoms with Gasteiger partial charge in [-0.2, -0.15) is 0 Å². The quantitative estimate of drug-likeness (QED) is 0.0950. The van der Waals surface area contributed by atoms with Gasteiger partial charge >= 0.3 is 0 Å². The van der Waals surface area contributed by atoms with Crippen molar-refractivity contribution in [3.05, 3.63) is 202 Å². The number of hydrogen-bond donors (Lipinski definition) is 2. The lowest BCUT2D eigenvalue weighted by Crippen LogP contribution is -2.18. The van der Waals surface area contributed by atoms with Crippen molar-refractivity contribution in [2.45, 2.75) is 45.4 Å². The number of para-hydroxylation sites is 2. The van der Waals surface area contributed by atoms with E-state index < -0.39 is 0 Å². The van der Waals surface area contributed by atoms with E-state index in [4.69, 9.17) is 33.2 Å². The topological polar surface area (TPSA) is 59.7 Å². The number of fused-ring (bicyclic) bond motifs is 6. The second-order valence-electron chi connectivity index (χ2n) is 16.3. The molecule has 0 aliphatic heterocycles. The fourth-order valence-electron chi connectivity index (χ4n) is 9.02. The fraction of sp³-hybridized carbons (Fsp3) is 0.164. The minimum Gasteiger partial charge on any atom is -0.334 e. The summed E-state index contributed by atoms with van der Waals surface area (Å²) in [5.41, 5.74) is 13.3. The standard InChI is InChI=1S/C55H48Cl2N6/c56-42-26-22-40(23-27-42)52-54-48(46-18-8-10-20-50(46)62(54)36-38-14-4-1-5-15-38)32-44(60-52)34-58-30-12-3-13-31-59-35-45-33-49-47-19-9-11-21-51(47)63(37-39-16-6-2-7-17-39)55(49)53(61-45)41-24-28-43(57)29-25-41/h1-2,4-11,14-29,32-33,58-59H,3,12-13,30-31,34-37H2. The van der Waals surface area contributed by atoms with Gasteiger partial charge in [-0.05, 0) is 85.6 Å². The summed E-state index contributed by atoms with van der Waals surface area (Å²) in [5.74, 6) is 0. The van der Waals surface area contributed by atoms with Crippen LogP contribution in [0.5, 0.6) is 0 Å². The molecule has 8 heteroatoms. The Hall–Kier alpha value is -6.28. The van der Waals surface area contributed by atoms with Gasteiger partial charge in [0.05, 0.1) is 33.8 Å². The van der Waals surface area contributed by atoms with Gasteiger partial charge in [-0.25, -0.2) is 9.97 Å². The van der Waals surface area contributed by atoms with Crippen LogP contribution in [0.1, 0.15) is 41.8 Å². The molecule has 0 unspecified atom stereocenters. The summed E-state index contributed by atoms with van der Waals surface area (Å²) in [4.78, 5) is 10.6. The van der Waals surface area contributed by atoms with Crippen LogP contribution in [0.4, 0.5) is 0 Å². The zero-order valence-corrected chi connectivity index (χ0v) is 36.6. The van der Waals surface area contributed by atoms with Gasteiger partial charge in [0.2, 0.25) is 0 Å². The zero-order valence-electron chi connectivity index (χ0n) is 35.1. The van der Waals surface area contributed by atoms with Gasteiger partial charge in [0, 0.05) is 79.9 Å². The van der Waals surface area contributed by atoms with Crippen LogP contribution in [0, 0.1) is 0 Å². The largest absolute Gasteiger partial charge is 0.334 e. The summed E-state index contributed by atoms with van der Waals surface area (Å²) in [6, 6.07) is 59.4. The Morgan fingerprint density at radius 1 is 0.413 bits per heavy atom. The molecule has 6 nitrogen and oxygen atoms in total. The van der Waals surface area contributed by atoms with Crippen molar-refractivity contribution in [1.29, 1.82) is 0 Å². The number of halogens is 2. The smallest absolute Gasteiger partial charge is 0.0949 e. The highest BCUT2D eigenvalue weighted by Crippen LogP contribution is 2.38. The van der Waals surface area contributed by atoms with Crippen molar-refractivity contribution in [3.63, 3.8) is 0 Å². The number of benzene rings is 6. The van der Waals surface area contributed by atoms with Gasteiger partial charge in [-0.1, -0.05) is 151 Å². The van der Waals surface area contributed by atoms with Crippen molar-refractivity contribution < 1.29 is 0 Å². The highest BCUT2D eigenvalue weighted by Gasteiger charge is 2.20. The molecule has 4 aromatic heterocycles. The highest BCUT2D eigenvalue weighted by molar-refractivity contribution is 6.31. The van der Waals surface area contributed by atoms with Crippen molar-refractivity contribution in [3.8, 4) is 22.5 Å². The first kappa shape index (κ1) is 40.8. The maximum atomic E-state index is 6.36. The number of unbranched alkanes of at least 4 members (excludes halogenated alkanes) is 2. The van der Waals surface area contributed by atoms with Crippen LogP contribution < -0.4 is 10.6 Å². The lowest BCUT2D eigenvalue weighted by molar-refractivity contribution is 0.567. The van der Waals surface area contributed by atoms with Crippen molar-refractivity contribution in [2.75, 3.05) is 13.1 Å². The van der Waals surface area contributed by atoms with Crippen LogP contribution >= 0.6 is 23.2 Å². The molecule has 0 radical (unpaired) electrons. The van der Waals surface area contributed by atoms with Crippen molar-refractivity contribution in [2.24, 2.45) is 0 Å². The molecule has 0 bridgehead atoms. The highest BCUT2D eigenvalue weighted by atomic mass is 35.5. The van der Waals surface area contributed by atoms with Crippen LogP contribution in [0.15, 0.2) is 170 Å². The Labute approximate surface area is 378 Å². The summed E-state index contributed by atoms with van der Waals surface area (Å²) in [6.07, 6.45) is 3.28. The summed E-state index contributed by atoms with van der Waals surface area (Å²) in [6.45, 7) is 4.74. The van der Waals surface area contributed by atoms with Gasteiger partial charge in [0.15, 0.2) is 0 Å². The molecule has 4 heterocycles. The molecule has 0 aliphatic carbocycles. The van der Waals surface area contributed by atoms with E-state index in [0.29, 0.717) is 23.1 Å². The molecule has 312 valence electrons. The van der Waals surface area contributed by atoms with Gasteiger partial charge < -0.3 is 19.8 Å². The Morgan fingerprint density at radius 3 is 1.24 bits per heavy atom. The normalized spacial score (nSPS) is 11.7. The lowest BCUT2D eigenvalue weighted by Gasteiger charge is -2.13. The number of rotatable bonds is 16. The van der Waals surface area contributed by atoms with Crippen molar-refractivity contribution in [1.82, 2.24) is 29.7 Å². The van der Waals surface area contributed by atoms with Crippen LogP contribution in [0.2, 0.25) is 10.0 Å². The minimum atomic E-state index is 0.693. The molecule has 0 fully saturated rings. The van der Waals surface area contributed by atoms with E-state index in [1.807, 2.05) is 24.3 Å². The molecule has 2 N–H and O–H groups in total. The van der Waals surface area contributed by atoms with E-state index in [-0.39, 0.29) is 0 Å². The summed E-state index contributed by atoms with van der Waals surface area (Å²) < 4.78 is 4.83. The van der Waals surface area contributed by atoms with E-state index in [2.05, 4.69) is 165 Å². The van der Waals surface area contributed by atoms with Crippen molar-refractivity contribution >= 4 is 66.8 Å². The second-order valence-corrected chi connectivity index (χ2v) is 17.2. The number of hydrogen-bond acceptors (Lipinski definition) is 4. The summed E-state index contributed by atoms with van der Waals surface area (Å²) in [7, 11) is 0. The average Bonchev–Trinajstić information content (AvgIpc) is 3.80. The minimum absolute atomic E-state index is 0.693. The molecule has 0 aliphatic rings. The molecular formula is C55H48Cl2N6. The fourth-order valence-corrected chi connectivity index (χ4v) is 9.28. The maximum absolute atomic E-state index is 6.36. The SMILES string of the molecule is Clc1ccc(-c2nc(CNCCCCCNCc3cc4c5ccccc5n(Cc5ccccc5)c4c(-c4ccc(Cl)cc4)n3)cc3c4ccccc4n(Cc4ccccc4)c23)cc1. The third-order valence-corrected chi connectivity index (χ3v) is 12.5. The van der Waals surface area contributed by atoms with E-state index >= 15 is 0 Å². The number of nitrogens with zero attached hydrogens (tertiary/aromatic N) is 4. The molecule has 6 aromatic carbocycles. The molecule has 10 rings (SSSR count). The van der Waals surface area contributed by atoms with E-state index in [1.165, 1.54) is 43.7 Å². The Kier molecular flexibility index (Phi) is 12.0. The van der Waals surface area contributed by atoms with Crippen LogP contribution in [0.25, 0.3) is 66.1 Å². The molecule has 10 aromatic rings. The second kappa shape index (κ2) is 18.6. The maximum Gasteiger partial charge on any atom is 0.0949 e. The predicted molar refractivity (Wildman–Crippen MR) is 264 cm³/mol. The first-order valence-electron chi connectivity index (χ1n) is 21.9. The first-order chi connectivity index (χ1) is 31.1. The Morgan fingerprint density at radius 2 is 0.810 bits per heavy atom. The van der Waals surface area contributed by atoms with E-state index in [9.17, 15) is 0 Å². The van der Waals surface area contributed by atoms with E-state index in [0.717, 1.165) is 90.4 Å². The molecule has 0 amide bonds. The van der Waals surface area contributed by atoms with Crippen LogP contribution in [-0.4, -0.2) is 32.2 Å². The third kappa shape index (κ3) is 8.73. The monoisotopic (exact) mass is 862 g/mol. The number of aromatic nitrogens is 4. The lowest BCUT2D eigenvalue weighted by atomic mass is 10.1. The summed E-state index contributed by atoms with van der Waals surface area (Å²) >= 11 is 12.7. The molecule has 63 heavy (non-hydrogen) atoms. The van der Waals surface area contributed by atoms with Gasteiger partial charge in [0.25, 0.3) is 0 Å².